The summed E-state index contributed by atoms with van der Waals surface area (Å²) in [7, 11) is 0. The molecule has 3 nitrogen and oxygen atoms in total. The molecule has 1 aromatic carbocycles. The molecule has 0 aliphatic rings. The molecule has 0 aliphatic heterocycles. The Labute approximate surface area is 119 Å². The minimum Gasteiger partial charge on any atom is -0.505 e. The average Bonchev–Trinajstić information content (AvgIpc) is 2.38. The Balaban J connectivity index is 3.05. The number of benzene rings is 1. The zero-order valence-electron chi connectivity index (χ0n) is 12.3. The van der Waals surface area contributed by atoms with Gasteiger partial charge in [0.25, 0.3) is 0 Å². The van der Waals surface area contributed by atoms with Crippen molar-refractivity contribution in [2.75, 3.05) is 0 Å². The molecule has 4 heteroatoms. The standard InChI is InChI=1S/C16H23FO3/c1-4-11(16(19)20)9-12-6-8-14(18)15(17)13(12)7-5-10(2)3/h6,8,10-11,18H,4-5,7,9H2,1-3H3,(H,19,20). The number of hydrogen-bond donors (Lipinski definition) is 2. The van der Waals surface area contributed by atoms with E-state index in [4.69, 9.17) is 5.11 Å². The molecule has 2 N–H and O–H groups in total. The minimum atomic E-state index is -0.865. The van der Waals surface area contributed by atoms with Crippen LogP contribution in [0.4, 0.5) is 4.39 Å². The predicted octanol–water partition coefficient (Wildman–Crippen LogP) is 3.77. The number of carboxylic acids is 1. The summed E-state index contributed by atoms with van der Waals surface area (Å²) in [5.74, 6) is -1.93. The molecular weight excluding hydrogens is 259 g/mol. The summed E-state index contributed by atoms with van der Waals surface area (Å²) in [6, 6.07) is 2.94. The molecule has 0 amide bonds. The first-order chi connectivity index (χ1) is 9.36. The highest BCUT2D eigenvalue weighted by Gasteiger charge is 2.20. The fourth-order valence-corrected chi connectivity index (χ4v) is 2.22. The van der Waals surface area contributed by atoms with Crippen LogP contribution in [0, 0.1) is 17.7 Å². The van der Waals surface area contributed by atoms with Crippen molar-refractivity contribution < 1.29 is 19.4 Å². The molecule has 0 aromatic heterocycles. The predicted molar refractivity (Wildman–Crippen MR) is 76.3 cm³/mol. The monoisotopic (exact) mass is 282 g/mol. The van der Waals surface area contributed by atoms with Crippen LogP contribution in [0.25, 0.3) is 0 Å². The van der Waals surface area contributed by atoms with E-state index in [0.29, 0.717) is 36.3 Å². The second-order valence-corrected chi connectivity index (χ2v) is 5.62. The van der Waals surface area contributed by atoms with E-state index >= 15 is 0 Å². The van der Waals surface area contributed by atoms with Gasteiger partial charge in [-0.1, -0.05) is 26.8 Å². The van der Waals surface area contributed by atoms with E-state index in [1.54, 1.807) is 6.07 Å². The summed E-state index contributed by atoms with van der Waals surface area (Å²) in [5, 5.41) is 18.6. The van der Waals surface area contributed by atoms with Crippen LogP contribution in [0.1, 0.15) is 44.7 Å². The number of rotatable bonds is 7. The summed E-state index contributed by atoms with van der Waals surface area (Å²) in [4.78, 5) is 11.1. The first-order valence-corrected chi connectivity index (χ1v) is 7.08. The van der Waals surface area contributed by atoms with Crippen LogP contribution in [-0.2, 0) is 17.6 Å². The fourth-order valence-electron chi connectivity index (χ4n) is 2.22. The van der Waals surface area contributed by atoms with E-state index in [9.17, 15) is 14.3 Å². The molecule has 1 unspecified atom stereocenters. The van der Waals surface area contributed by atoms with Gasteiger partial charge in [-0.25, -0.2) is 4.39 Å². The summed E-state index contributed by atoms with van der Waals surface area (Å²) >= 11 is 0. The van der Waals surface area contributed by atoms with E-state index < -0.39 is 17.7 Å². The van der Waals surface area contributed by atoms with Gasteiger partial charge in [-0.05, 0) is 48.8 Å². The third-order valence-corrected chi connectivity index (χ3v) is 3.60. The molecule has 0 fully saturated rings. The van der Waals surface area contributed by atoms with Crippen LogP contribution in [0.3, 0.4) is 0 Å². The van der Waals surface area contributed by atoms with Crippen LogP contribution >= 0.6 is 0 Å². The molecule has 0 radical (unpaired) electrons. The molecule has 112 valence electrons. The van der Waals surface area contributed by atoms with E-state index in [1.165, 1.54) is 6.07 Å². The SMILES string of the molecule is CCC(Cc1ccc(O)c(F)c1CCC(C)C)C(=O)O. The van der Waals surface area contributed by atoms with Crippen molar-refractivity contribution in [2.45, 2.75) is 46.5 Å². The topological polar surface area (TPSA) is 57.5 Å². The second-order valence-electron chi connectivity index (χ2n) is 5.62. The highest BCUT2D eigenvalue weighted by atomic mass is 19.1. The zero-order valence-corrected chi connectivity index (χ0v) is 12.3. The largest absolute Gasteiger partial charge is 0.505 e. The summed E-state index contributed by atoms with van der Waals surface area (Å²) in [5.41, 5.74) is 1.15. The van der Waals surface area contributed by atoms with Crippen molar-refractivity contribution in [3.63, 3.8) is 0 Å². The lowest BCUT2D eigenvalue weighted by atomic mass is 9.90. The van der Waals surface area contributed by atoms with Gasteiger partial charge in [-0.15, -0.1) is 0 Å². The van der Waals surface area contributed by atoms with Crippen molar-refractivity contribution in [1.29, 1.82) is 0 Å². The molecule has 1 atom stereocenters. The molecule has 0 saturated carbocycles. The van der Waals surface area contributed by atoms with Gasteiger partial charge in [0.1, 0.15) is 0 Å². The zero-order chi connectivity index (χ0) is 15.3. The smallest absolute Gasteiger partial charge is 0.306 e. The van der Waals surface area contributed by atoms with Gasteiger partial charge in [0.15, 0.2) is 11.6 Å². The number of aliphatic carboxylic acids is 1. The third kappa shape index (κ3) is 4.22. The molecule has 0 saturated heterocycles. The fraction of sp³-hybridized carbons (Fsp3) is 0.562. The molecule has 0 bridgehead atoms. The van der Waals surface area contributed by atoms with E-state index in [-0.39, 0.29) is 5.75 Å². The number of phenols is 1. The maximum Gasteiger partial charge on any atom is 0.306 e. The highest BCUT2D eigenvalue weighted by Crippen LogP contribution is 2.27. The van der Waals surface area contributed by atoms with Crippen molar-refractivity contribution in [3.05, 3.63) is 29.1 Å². The average molecular weight is 282 g/mol. The van der Waals surface area contributed by atoms with E-state index in [1.807, 2.05) is 20.8 Å². The highest BCUT2D eigenvalue weighted by molar-refractivity contribution is 5.70. The normalized spacial score (nSPS) is 12.7. The molecular formula is C16H23FO3. The van der Waals surface area contributed by atoms with Crippen molar-refractivity contribution in [1.82, 2.24) is 0 Å². The Hall–Kier alpha value is -1.58. The van der Waals surface area contributed by atoms with Gasteiger partial charge < -0.3 is 10.2 Å². The van der Waals surface area contributed by atoms with Gasteiger partial charge in [0, 0.05) is 0 Å². The van der Waals surface area contributed by atoms with Crippen LogP contribution in [0.15, 0.2) is 12.1 Å². The Kier molecular flexibility index (Phi) is 5.99. The van der Waals surface area contributed by atoms with Crippen LogP contribution < -0.4 is 0 Å². The lowest BCUT2D eigenvalue weighted by molar-refractivity contribution is -0.141. The quantitative estimate of drug-likeness (QED) is 0.800. The summed E-state index contributed by atoms with van der Waals surface area (Å²) in [6.45, 7) is 5.91. The Bertz CT molecular complexity index is 469. The van der Waals surface area contributed by atoms with Crippen LogP contribution in [0.5, 0.6) is 5.75 Å². The molecule has 0 spiro atoms. The Morgan fingerprint density at radius 2 is 2.00 bits per heavy atom. The summed E-state index contributed by atoms with van der Waals surface area (Å²) in [6.07, 6.45) is 2.12. The van der Waals surface area contributed by atoms with Crippen LogP contribution in [-0.4, -0.2) is 16.2 Å². The van der Waals surface area contributed by atoms with Crippen molar-refractivity contribution >= 4 is 5.97 Å². The van der Waals surface area contributed by atoms with Crippen molar-refractivity contribution in [3.8, 4) is 5.75 Å². The molecule has 0 heterocycles. The van der Waals surface area contributed by atoms with Crippen molar-refractivity contribution in [2.24, 2.45) is 11.8 Å². The third-order valence-electron chi connectivity index (χ3n) is 3.60. The lowest BCUT2D eigenvalue weighted by Gasteiger charge is -2.16. The second kappa shape index (κ2) is 7.27. The number of carbonyl (C=O) groups is 1. The number of halogens is 1. The van der Waals surface area contributed by atoms with Gasteiger partial charge in [-0.3, -0.25) is 4.79 Å². The Morgan fingerprint density at radius 1 is 1.35 bits per heavy atom. The number of carboxylic acid groups (broad SMARTS) is 1. The maximum atomic E-state index is 14.1. The van der Waals surface area contributed by atoms with E-state index in [2.05, 4.69) is 0 Å². The molecule has 0 aliphatic carbocycles. The first-order valence-electron chi connectivity index (χ1n) is 7.08. The molecule has 1 aromatic rings. The number of hydrogen-bond acceptors (Lipinski definition) is 2. The first kappa shape index (κ1) is 16.5. The minimum absolute atomic E-state index is 0.302. The van der Waals surface area contributed by atoms with Gasteiger partial charge in [-0.2, -0.15) is 0 Å². The number of phenolic OH excluding ortho intramolecular Hbond substituents is 1. The molecule has 20 heavy (non-hydrogen) atoms. The van der Waals surface area contributed by atoms with Gasteiger partial charge in [0.05, 0.1) is 5.92 Å². The van der Waals surface area contributed by atoms with Crippen LogP contribution in [0.2, 0.25) is 0 Å². The summed E-state index contributed by atoms with van der Waals surface area (Å²) < 4.78 is 14.1. The number of aromatic hydroxyl groups is 1. The van der Waals surface area contributed by atoms with Gasteiger partial charge >= 0.3 is 5.97 Å². The van der Waals surface area contributed by atoms with Gasteiger partial charge in [0.2, 0.25) is 0 Å². The maximum absolute atomic E-state index is 14.1. The Morgan fingerprint density at radius 3 is 2.50 bits per heavy atom. The van der Waals surface area contributed by atoms with E-state index in [0.717, 1.165) is 6.42 Å². The molecule has 1 rings (SSSR count). The lowest BCUT2D eigenvalue weighted by Crippen LogP contribution is -2.16.